The molecule has 1 rings (SSSR count). The Morgan fingerprint density at radius 3 is 1.75 bits per heavy atom. The molecule has 0 saturated carbocycles. The Balaban J connectivity index is 2.91. The molecule has 0 aliphatic heterocycles. The van der Waals surface area contributed by atoms with Crippen molar-refractivity contribution in [2.45, 2.75) is 97.9 Å². The summed E-state index contributed by atoms with van der Waals surface area (Å²) in [6.45, 7) is 13.6. The van der Waals surface area contributed by atoms with Gasteiger partial charge in [-0.2, -0.15) is 0 Å². The first-order valence-corrected chi connectivity index (χ1v) is 18.0. The lowest BCUT2D eigenvalue weighted by Crippen LogP contribution is -2.47. The van der Waals surface area contributed by atoms with E-state index in [0.717, 1.165) is 51.4 Å². The Bertz CT molecular complexity index is 980. The Labute approximate surface area is 288 Å². The van der Waals surface area contributed by atoms with Crippen LogP contribution in [-0.4, -0.2) is 103 Å². The van der Waals surface area contributed by atoms with Crippen LogP contribution in [0.4, 0.5) is 0 Å². The molecular formula is C36H63N3O9. The van der Waals surface area contributed by atoms with E-state index >= 15 is 0 Å². The maximum Gasteiger partial charge on any atom is 0.252 e. The topological polar surface area (TPSA) is 143 Å². The fraction of sp³-hybridized carbons (Fsp3) is 0.750. The summed E-state index contributed by atoms with van der Waals surface area (Å²) >= 11 is 0. The second-order valence-electron chi connectivity index (χ2n) is 11.3. The number of unbranched alkanes of at least 4 members (excludes halogenated alkanes) is 6. The average Bonchev–Trinajstić information content (AvgIpc) is 3.09. The highest BCUT2D eigenvalue weighted by molar-refractivity contribution is 5.98. The predicted molar refractivity (Wildman–Crippen MR) is 187 cm³/mol. The third-order valence-electron chi connectivity index (χ3n) is 7.29. The molecule has 0 fully saturated rings. The first kappa shape index (κ1) is 43.1. The summed E-state index contributed by atoms with van der Waals surface area (Å²) in [6, 6.07) is 4.00. The molecule has 0 saturated heterocycles. The monoisotopic (exact) mass is 681 g/mol. The molecule has 0 aliphatic carbocycles. The molecule has 3 amide bonds. The summed E-state index contributed by atoms with van der Waals surface area (Å²) < 4.78 is 33.5. The minimum absolute atomic E-state index is 0.124. The summed E-state index contributed by atoms with van der Waals surface area (Å²) in [5.74, 6) is -0.0784. The highest BCUT2D eigenvalue weighted by Gasteiger charge is 2.23. The SMILES string of the molecule is CCCCCCNC(=O)CC[C@H](NC(=O)c1ccc(OCCOCCOCC)c(OCCOCCOCC)c1)C(=O)NCCCCCC. The smallest absolute Gasteiger partial charge is 0.252 e. The van der Waals surface area contributed by atoms with Crippen LogP contribution in [0, 0.1) is 0 Å². The fourth-order valence-corrected chi connectivity index (χ4v) is 4.57. The lowest BCUT2D eigenvalue weighted by Gasteiger charge is -2.19. The lowest BCUT2D eigenvalue weighted by molar-refractivity contribution is -0.124. The first-order valence-electron chi connectivity index (χ1n) is 18.0. The number of benzene rings is 1. The Morgan fingerprint density at radius 2 is 1.17 bits per heavy atom. The van der Waals surface area contributed by atoms with Gasteiger partial charge in [0.1, 0.15) is 19.3 Å². The van der Waals surface area contributed by atoms with Crippen LogP contribution in [0.25, 0.3) is 0 Å². The van der Waals surface area contributed by atoms with Crippen LogP contribution in [-0.2, 0) is 28.5 Å². The number of hydrogen-bond acceptors (Lipinski definition) is 9. The minimum Gasteiger partial charge on any atom is -0.487 e. The molecular weight excluding hydrogens is 618 g/mol. The molecule has 1 aromatic rings. The molecule has 0 aromatic heterocycles. The van der Waals surface area contributed by atoms with Crippen LogP contribution in [0.15, 0.2) is 18.2 Å². The van der Waals surface area contributed by atoms with E-state index in [4.69, 9.17) is 28.4 Å². The Hall–Kier alpha value is -2.93. The molecule has 3 N–H and O–H groups in total. The van der Waals surface area contributed by atoms with Crippen molar-refractivity contribution in [2.24, 2.45) is 0 Å². The number of nitrogens with one attached hydrogen (secondary N) is 3. The molecule has 0 radical (unpaired) electrons. The van der Waals surface area contributed by atoms with Gasteiger partial charge in [0.25, 0.3) is 5.91 Å². The highest BCUT2D eigenvalue weighted by atomic mass is 16.6. The van der Waals surface area contributed by atoms with Gasteiger partial charge in [-0.25, -0.2) is 0 Å². The quantitative estimate of drug-likeness (QED) is 0.0913. The van der Waals surface area contributed by atoms with E-state index in [1.807, 2.05) is 13.8 Å². The number of carbonyl (C=O) groups excluding carboxylic acids is 3. The van der Waals surface area contributed by atoms with Gasteiger partial charge < -0.3 is 44.4 Å². The van der Waals surface area contributed by atoms with Crippen LogP contribution in [0.5, 0.6) is 11.5 Å². The summed E-state index contributed by atoms with van der Waals surface area (Å²) in [5, 5.41) is 8.71. The van der Waals surface area contributed by atoms with Gasteiger partial charge in [0, 0.05) is 38.3 Å². The van der Waals surface area contributed by atoms with Crippen LogP contribution >= 0.6 is 0 Å². The van der Waals surface area contributed by atoms with E-state index in [1.165, 1.54) is 0 Å². The van der Waals surface area contributed by atoms with Crippen molar-refractivity contribution in [2.75, 3.05) is 79.2 Å². The normalized spacial score (nSPS) is 11.6. The maximum absolute atomic E-state index is 13.5. The third kappa shape index (κ3) is 21.8. The molecule has 0 unspecified atom stereocenters. The van der Waals surface area contributed by atoms with E-state index in [-0.39, 0.29) is 37.9 Å². The van der Waals surface area contributed by atoms with Crippen LogP contribution in [0.1, 0.15) is 102 Å². The first-order chi connectivity index (χ1) is 23.5. The van der Waals surface area contributed by atoms with Crippen LogP contribution < -0.4 is 25.4 Å². The minimum atomic E-state index is -0.873. The van der Waals surface area contributed by atoms with Gasteiger partial charge >= 0.3 is 0 Å². The second-order valence-corrected chi connectivity index (χ2v) is 11.3. The number of hydrogen-bond donors (Lipinski definition) is 3. The number of ether oxygens (including phenoxy) is 6. The zero-order valence-electron chi connectivity index (χ0n) is 30.0. The van der Waals surface area contributed by atoms with E-state index < -0.39 is 11.9 Å². The third-order valence-corrected chi connectivity index (χ3v) is 7.29. The molecule has 12 nitrogen and oxygen atoms in total. The van der Waals surface area contributed by atoms with Gasteiger partial charge in [-0.15, -0.1) is 0 Å². The summed E-state index contributed by atoms with van der Waals surface area (Å²) in [7, 11) is 0. The van der Waals surface area contributed by atoms with Gasteiger partial charge in [0.15, 0.2) is 11.5 Å². The van der Waals surface area contributed by atoms with Crippen molar-refractivity contribution in [1.29, 1.82) is 0 Å². The fourth-order valence-electron chi connectivity index (χ4n) is 4.57. The molecule has 1 atom stereocenters. The largest absolute Gasteiger partial charge is 0.487 e. The molecule has 12 heteroatoms. The van der Waals surface area contributed by atoms with E-state index in [0.29, 0.717) is 83.0 Å². The standard InChI is InChI=1S/C36H63N3O9/c1-5-9-11-13-19-37-34(40)18-16-31(36(42)38-20-14-12-10-6-2)39-35(41)30-15-17-32(47-27-25-45-23-21-43-7-3)33(29-30)48-28-26-46-24-22-44-8-4/h15,17,29,31H,5-14,16,18-28H2,1-4H3,(H,37,40)(H,38,42)(H,39,41)/t31-/m0/s1. The molecule has 48 heavy (non-hydrogen) atoms. The van der Waals surface area contributed by atoms with Crippen molar-refractivity contribution in [3.8, 4) is 11.5 Å². The highest BCUT2D eigenvalue weighted by Crippen LogP contribution is 2.28. The Kier molecular flexibility index (Phi) is 27.1. The second kappa shape index (κ2) is 30.2. The van der Waals surface area contributed by atoms with Gasteiger partial charge in [-0.05, 0) is 51.3 Å². The maximum atomic E-state index is 13.5. The van der Waals surface area contributed by atoms with Gasteiger partial charge in [0.05, 0.1) is 39.6 Å². The van der Waals surface area contributed by atoms with E-state index in [1.54, 1.807) is 18.2 Å². The van der Waals surface area contributed by atoms with Crippen molar-refractivity contribution < 1.29 is 42.8 Å². The molecule has 0 heterocycles. The number of amides is 3. The van der Waals surface area contributed by atoms with Gasteiger partial charge in [-0.3, -0.25) is 14.4 Å². The molecule has 0 bridgehead atoms. The zero-order valence-corrected chi connectivity index (χ0v) is 30.0. The van der Waals surface area contributed by atoms with Crippen LogP contribution in [0.2, 0.25) is 0 Å². The number of carbonyl (C=O) groups is 3. The van der Waals surface area contributed by atoms with Crippen molar-refractivity contribution in [3.63, 3.8) is 0 Å². The summed E-state index contributed by atoms with van der Waals surface area (Å²) in [6.07, 6.45) is 8.61. The van der Waals surface area contributed by atoms with E-state index in [9.17, 15) is 14.4 Å². The molecule has 0 aliphatic rings. The summed E-state index contributed by atoms with van der Waals surface area (Å²) in [4.78, 5) is 39.1. The van der Waals surface area contributed by atoms with Crippen molar-refractivity contribution in [3.05, 3.63) is 23.8 Å². The molecule has 276 valence electrons. The predicted octanol–water partition coefficient (Wildman–Crippen LogP) is 4.82. The molecule has 1 aromatic carbocycles. The average molecular weight is 682 g/mol. The Morgan fingerprint density at radius 1 is 0.625 bits per heavy atom. The summed E-state index contributed by atoms with van der Waals surface area (Å²) in [5.41, 5.74) is 0.295. The van der Waals surface area contributed by atoms with E-state index in [2.05, 4.69) is 29.8 Å². The lowest BCUT2D eigenvalue weighted by atomic mass is 10.1. The van der Waals surface area contributed by atoms with Gasteiger partial charge in [0.2, 0.25) is 11.8 Å². The number of rotatable bonds is 32. The van der Waals surface area contributed by atoms with Gasteiger partial charge in [-0.1, -0.05) is 52.4 Å². The van der Waals surface area contributed by atoms with Crippen molar-refractivity contribution >= 4 is 17.7 Å². The van der Waals surface area contributed by atoms with Crippen molar-refractivity contribution in [1.82, 2.24) is 16.0 Å². The molecule has 0 spiro atoms. The van der Waals surface area contributed by atoms with Crippen LogP contribution in [0.3, 0.4) is 0 Å². The zero-order chi connectivity index (χ0) is 35.1.